The van der Waals surface area contributed by atoms with Gasteiger partial charge in [-0.2, -0.15) is 0 Å². The van der Waals surface area contributed by atoms with Gasteiger partial charge in [-0.25, -0.2) is 9.59 Å². The molecule has 8 heteroatoms. The van der Waals surface area contributed by atoms with Crippen LogP contribution in [0.5, 0.6) is 0 Å². The van der Waals surface area contributed by atoms with Gasteiger partial charge in [0.2, 0.25) is 0 Å². The molecule has 0 bridgehead atoms. The van der Waals surface area contributed by atoms with Gasteiger partial charge < -0.3 is 14.6 Å². The molecular weight excluding hydrogens is 316 g/mol. The van der Waals surface area contributed by atoms with Gasteiger partial charge in [0.1, 0.15) is 5.69 Å². The molecule has 0 aliphatic carbocycles. The zero-order chi connectivity index (χ0) is 17.9. The highest BCUT2D eigenvalue weighted by Crippen LogP contribution is 2.03. The van der Waals surface area contributed by atoms with Crippen molar-refractivity contribution in [1.82, 2.24) is 9.97 Å². The molecule has 0 saturated heterocycles. The van der Waals surface area contributed by atoms with Gasteiger partial charge in [0, 0.05) is 12.4 Å². The Morgan fingerprint density at radius 2 is 1.58 bits per heavy atom. The molecule has 24 heavy (non-hydrogen) atoms. The third-order valence-corrected chi connectivity index (χ3v) is 2.72. The number of aldehydes is 1. The zero-order valence-electron chi connectivity index (χ0n) is 13.1. The van der Waals surface area contributed by atoms with E-state index in [-0.39, 0.29) is 12.3 Å². The van der Waals surface area contributed by atoms with Crippen molar-refractivity contribution in [2.75, 3.05) is 14.2 Å². The topological polar surface area (TPSA) is 116 Å². The molecule has 0 atom stereocenters. The SMILES string of the molecule is COC(=O)c1ccnc(C=O)c1.COC(=O)c1ccnc(CO)c1. The average Bonchev–Trinajstić information content (AvgIpc) is 2.67. The summed E-state index contributed by atoms with van der Waals surface area (Å²) in [7, 11) is 2.59. The van der Waals surface area contributed by atoms with Crippen LogP contribution in [0.1, 0.15) is 36.9 Å². The van der Waals surface area contributed by atoms with Crippen LogP contribution in [-0.2, 0) is 16.1 Å². The first-order valence-electron chi connectivity index (χ1n) is 6.69. The molecule has 2 aromatic rings. The van der Waals surface area contributed by atoms with Gasteiger partial charge in [-0.05, 0) is 24.3 Å². The molecule has 0 unspecified atom stereocenters. The molecule has 2 aromatic heterocycles. The number of carbonyl (C=O) groups excluding carboxylic acids is 3. The molecule has 0 aliphatic rings. The Bertz CT molecular complexity index is 717. The second-order valence-electron chi connectivity index (χ2n) is 4.26. The summed E-state index contributed by atoms with van der Waals surface area (Å²) in [5.74, 6) is -0.896. The van der Waals surface area contributed by atoms with E-state index in [4.69, 9.17) is 5.11 Å². The molecule has 126 valence electrons. The van der Waals surface area contributed by atoms with Crippen LogP contribution in [-0.4, -0.2) is 47.5 Å². The van der Waals surface area contributed by atoms with E-state index in [0.29, 0.717) is 23.1 Å². The third-order valence-electron chi connectivity index (χ3n) is 2.72. The molecule has 1 N–H and O–H groups in total. The zero-order valence-corrected chi connectivity index (χ0v) is 13.1. The normalized spacial score (nSPS) is 9.29. The number of rotatable bonds is 4. The van der Waals surface area contributed by atoms with Crippen LogP contribution in [0.25, 0.3) is 0 Å². The maximum absolute atomic E-state index is 10.9. The molecule has 0 spiro atoms. The van der Waals surface area contributed by atoms with Gasteiger partial charge in [-0.15, -0.1) is 0 Å². The summed E-state index contributed by atoms with van der Waals surface area (Å²) in [6.45, 7) is -0.176. The highest BCUT2D eigenvalue weighted by atomic mass is 16.5. The van der Waals surface area contributed by atoms with Gasteiger partial charge in [-0.3, -0.25) is 14.8 Å². The predicted octanol–water partition coefficient (Wildman–Crippen LogP) is 1.04. The van der Waals surface area contributed by atoms with E-state index >= 15 is 0 Å². The third kappa shape index (κ3) is 5.58. The Hall–Kier alpha value is -3.13. The van der Waals surface area contributed by atoms with E-state index in [1.165, 1.54) is 50.9 Å². The summed E-state index contributed by atoms with van der Waals surface area (Å²) in [6, 6.07) is 5.88. The molecule has 0 aliphatic heterocycles. The van der Waals surface area contributed by atoms with Crippen molar-refractivity contribution in [1.29, 1.82) is 0 Å². The van der Waals surface area contributed by atoms with E-state index < -0.39 is 11.9 Å². The van der Waals surface area contributed by atoms with Crippen molar-refractivity contribution >= 4 is 18.2 Å². The van der Waals surface area contributed by atoms with Crippen LogP contribution >= 0.6 is 0 Å². The number of pyridine rings is 2. The lowest BCUT2D eigenvalue weighted by molar-refractivity contribution is 0.0591. The smallest absolute Gasteiger partial charge is 0.337 e. The molecule has 2 heterocycles. The van der Waals surface area contributed by atoms with E-state index in [9.17, 15) is 14.4 Å². The maximum atomic E-state index is 10.9. The fraction of sp³-hybridized carbons (Fsp3) is 0.188. The number of hydrogen-bond acceptors (Lipinski definition) is 8. The van der Waals surface area contributed by atoms with Gasteiger partial charge >= 0.3 is 11.9 Å². The van der Waals surface area contributed by atoms with E-state index in [2.05, 4.69) is 19.4 Å². The molecule has 8 nitrogen and oxygen atoms in total. The first-order chi connectivity index (χ1) is 11.5. The largest absolute Gasteiger partial charge is 0.465 e. The monoisotopic (exact) mass is 332 g/mol. The summed E-state index contributed by atoms with van der Waals surface area (Å²) in [6.07, 6.45) is 3.42. The number of aliphatic hydroxyl groups is 1. The van der Waals surface area contributed by atoms with Crippen molar-refractivity contribution in [2.45, 2.75) is 6.61 Å². The van der Waals surface area contributed by atoms with Gasteiger partial charge in [0.15, 0.2) is 6.29 Å². The number of methoxy groups -OCH3 is 2. The molecule has 0 aromatic carbocycles. The number of ether oxygens (including phenoxy) is 2. The van der Waals surface area contributed by atoms with Gasteiger partial charge in [-0.1, -0.05) is 0 Å². The molecule has 0 fully saturated rings. The summed E-state index contributed by atoms with van der Waals surface area (Å²) in [4.78, 5) is 39.6. The van der Waals surface area contributed by atoms with Crippen LogP contribution < -0.4 is 0 Å². The Kier molecular flexibility index (Phi) is 7.72. The Balaban J connectivity index is 0.000000240. The first-order valence-corrected chi connectivity index (χ1v) is 6.69. The second-order valence-corrected chi connectivity index (χ2v) is 4.26. The minimum Gasteiger partial charge on any atom is -0.465 e. The Morgan fingerprint density at radius 1 is 1.04 bits per heavy atom. The summed E-state index contributed by atoms with van der Waals surface area (Å²) < 4.78 is 8.94. The van der Waals surface area contributed by atoms with Crippen molar-refractivity contribution < 1.29 is 29.0 Å². The molecule has 2 rings (SSSR count). The number of aliphatic hydroxyl groups excluding tert-OH is 1. The van der Waals surface area contributed by atoms with Crippen molar-refractivity contribution in [3.05, 3.63) is 59.2 Å². The van der Waals surface area contributed by atoms with Crippen molar-refractivity contribution in [3.8, 4) is 0 Å². The minimum absolute atomic E-state index is 0.176. The fourth-order valence-corrected chi connectivity index (χ4v) is 1.57. The number of hydrogen-bond donors (Lipinski definition) is 1. The molecule has 0 saturated carbocycles. The molecule has 0 amide bonds. The average molecular weight is 332 g/mol. The lowest BCUT2D eigenvalue weighted by Crippen LogP contribution is -2.02. The first kappa shape index (κ1) is 18.9. The van der Waals surface area contributed by atoms with Crippen molar-refractivity contribution in [3.63, 3.8) is 0 Å². The summed E-state index contributed by atoms with van der Waals surface area (Å²) in [5, 5.41) is 8.70. The van der Waals surface area contributed by atoms with E-state index in [0.717, 1.165) is 0 Å². The minimum atomic E-state index is -0.472. The maximum Gasteiger partial charge on any atom is 0.337 e. The number of nitrogens with zero attached hydrogens (tertiary/aromatic N) is 2. The number of esters is 2. The fourth-order valence-electron chi connectivity index (χ4n) is 1.57. The standard InChI is InChI=1S/C8H9NO3.C8H7NO3/c2*1-12-8(11)6-2-3-9-7(4-6)5-10/h2-4,10H,5H2,1H3;2-5H,1H3. The summed E-state index contributed by atoms with van der Waals surface area (Å²) in [5.41, 5.74) is 1.40. The van der Waals surface area contributed by atoms with Crippen LogP contribution in [0.15, 0.2) is 36.7 Å². The quantitative estimate of drug-likeness (QED) is 0.652. The van der Waals surface area contributed by atoms with Crippen LogP contribution in [0, 0.1) is 0 Å². The second kappa shape index (κ2) is 9.80. The lowest BCUT2D eigenvalue weighted by atomic mass is 10.2. The highest BCUT2D eigenvalue weighted by Gasteiger charge is 2.05. The Morgan fingerprint density at radius 3 is 2.08 bits per heavy atom. The number of aromatic nitrogens is 2. The number of carbonyl (C=O) groups is 3. The van der Waals surface area contributed by atoms with Gasteiger partial charge in [0.25, 0.3) is 0 Å². The van der Waals surface area contributed by atoms with Crippen LogP contribution in [0.4, 0.5) is 0 Å². The summed E-state index contributed by atoms with van der Waals surface area (Å²) >= 11 is 0. The van der Waals surface area contributed by atoms with Crippen molar-refractivity contribution in [2.24, 2.45) is 0 Å². The van der Waals surface area contributed by atoms with Gasteiger partial charge in [0.05, 0.1) is 37.6 Å². The van der Waals surface area contributed by atoms with E-state index in [1.54, 1.807) is 0 Å². The molecule has 0 radical (unpaired) electrons. The van der Waals surface area contributed by atoms with E-state index in [1.807, 2.05) is 0 Å². The van der Waals surface area contributed by atoms with Crippen LogP contribution in [0.2, 0.25) is 0 Å². The van der Waals surface area contributed by atoms with Crippen LogP contribution in [0.3, 0.4) is 0 Å². The highest BCUT2D eigenvalue weighted by molar-refractivity contribution is 5.90. The lowest BCUT2D eigenvalue weighted by Gasteiger charge is -1.99. The predicted molar refractivity (Wildman–Crippen MR) is 82.5 cm³/mol. The Labute approximate surface area is 138 Å². The molecular formula is C16H16N2O6.